The topological polar surface area (TPSA) is 67.4 Å². The van der Waals surface area contributed by atoms with E-state index in [-0.39, 0.29) is 37.9 Å². The summed E-state index contributed by atoms with van der Waals surface area (Å²) in [5.74, 6) is -2.46. The van der Waals surface area contributed by atoms with Crippen LogP contribution in [0.25, 0.3) is 10.1 Å². The minimum atomic E-state index is -5.05. The smallest absolute Gasteiger partial charge is 0.419 e. The minimum absolute atomic E-state index is 0.00851. The highest BCUT2D eigenvalue weighted by molar-refractivity contribution is 7.21. The van der Waals surface area contributed by atoms with Gasteiger partial charge in [0.25, 0.3) is 11.8 Å². The molecule has 0 saturated carbocycles. The number of halogens is 7. The van der Waals surface area contributed by atoms with Gasteiger partial charge in [-0.25, -0.2) is 4.39 Å². The van der Waals surface area contributed by atoms with Crippen LogP contribution in [0.5, 0.6) is 5.75 Å². The van der Waals surface area contributed by atoms with Gasteiger partial charge in [0.1, 0.15) is 16.4 Å². The number of nitrogens with one attached hydrogen (secondary N) is 2. The molecule has 0 bridgehead atoms. The van der Waals surface area contributed by atoms with Gasteiger partial charge in [0.2, 0.25) is 0 Å². The van der Waals surface area contributed by atoms with Gasteiger partial charge < -0.3 is 15.4 Å². The van der Waals surface area contributed by atoms with E-state index in [1.807, 2.05) is 13.0 Å². The maximum absolute atomic E-state index is 13.8. The van der Waals surface area contributed by atoms with E-state index >= 15 is 0 Å². The molecule has 0 aliphatic rings. The zero-order chi connectivity index (χ0) is 34.0. The van der Waals surface area contributed by atoms with Crippen molar-refractivity contribution in [3.63, 3.8) is 0 Å². The molecule has 0 aliphatic heterocycles. The van der Waals surface area contributed by atoms with Gasteiger partial charge in [-0.2, -0.15) is 26.3 Å². The van der Waals surface area contributed by atoms with Gasteiger partial charge in [-0.3, -0.25) is 9.59 Å². The summed E-state index contributed by atoms with van der Waals surface area (Å²) >= 11 is 0.608. The molecule has 13 heteroatoms. The number of carbonyl (C=O) groups is 2. The lowest BCUT2D eigenvalue weighted by Crippen LogP contribution is -2.18. The van der Waals surface area contributed by atoms with Crippen molar-refractivity contribution in [2.75, 3.05) is 17.7 Å². The standard InChI is InChI=1S/C33H31F7N2O3S/c1-5-18(7-6-17(2)3)19-8-13-26(45-4)23(14-19)30(43)42-28-22-11-9-20(32(35,36)37)15-27(22)46-29(28)31(44)41-21-10-12-25(34)24(16-21)33(38,39)40/h8-18H,5-7H2,1-4H3,(H,41,44)(H,42,43). The first kappa shape index (κ1) is 34.7. The van der Waals surface area contributed by atoms with Crippen LogP contribution in [-0.4, -0.2) is 18.9 Å². The van der Waals surface area contributed by atoms with Gasteiger partial charge in [-0.05, 0) is 72.7 Å². The molecule has 1 unspecified atom stereocenters. The Labute approximate surface area is 264 Å². The van der Waals surface area contributed by atoms with Crippen LogP contribution in [0.3, 0.4) is 0 Å². The van der Waals surface area contributed by atoms with Crippen molar-refractivity contribution >= 4 is 44.6 Å². The van der Waals surface area contributed by atoms with Crippen molar-refractivity contribution < 1.29 is 45.1 Å². The maximum Gasteiger partial charge on any atom is 0.419 e. The zero-order valence-electron chi connectivity index (χ0n) is 25.3. The third kappa shape index (κ3) is 7.80. The monoisotopic (exact) mass is 668 g/mol. The van der Waals surface area contributed by atoms with E-state index in [1.54, 1.807) is 12.1 Å². The van der Waals surface area contributed by atoms with Gasteiger partial charge in [0.15, 0.2) is 0 Å². The molecule has 1 atom stereocenters. The summed E-state index contributed by atoms with van der Waals surface area (Å²) in [5.41, 5.74) is -2.17. The Kier molecular flexibility index (Phi) is 10.3. The number of fused-ring (bicyclic) bond motifs is 1. The Morgan fingerprint density at radius 2 is 1.59 bits per heavy atom. The zero-order valence-corrected chi connectivity index (χ0v) is 26.1. The van der Waals surface area contributed by atoms with Gasteiger partial charge in [-0.1, -0.05) is 39.3 Å². The van der Waals surface area contributed by atoms with Crippen LogP contribution in [0, 0.1) is 11.7 Å². The number of alkyl halides is 6. The van der Waals surface area contributed by atoms with E-state index in [4.69, 9.17) is 4.74 Å². The number of benzene rings is 3. The molecule has 1 aromatic heterocycles. The summed E-state index contributed by atoms with van der Waals surface area (Å²) in [5, 5.41) is 4.98. The van der Waals surface area contributed by atoms with E-state index in [9.17, 15) is 40.3 Å². The number of methoxy groups -OCH3 is 1. The molecule has 4 aromatic rings. The summed E-state index contributed by atoms with van der Waals surface area (Å²) in [6.07, 6.45) is -7.10. The van der Waals surface area contributed by atoms with Crippen LogP contribution in [0.1, 0.15) is 82.7 Å². The Bertz CT molecular complexity index is 1750. The lowest BCUT2D eigenvalue weighted by molar-refractivity contribution is -0.140. The fraction of sp³-hybridized carbons (Fsp3) is 0.333. The van der Waals surface area contributed by atoms with E-state index < -0.39 is 46.8 Å². The number of carbonyl (C=O) groups excluding carboxylic acids is 2. The van der Waals surface area contributed by atoms with Gasteiger partial charge in [-0.15, -0.1) is 11.3 Å². The lowest BCUT2D eigenvalue weighted by atomic mass is 9.88. The van der Waals surface area contributed by atoms with E-state index in [0.717, 1.165) is 49.1 Å². The second-order valence-corrected chi connectivity index (χ2v) is 12.2. The molecule has 2 N–H and O–H groups in total. The molecule has 0 aliphatic carbocycles. The van der Waals surface area contributed by atoms with Crippen LogP contribution in [0.2, 0.25) is 0 Å². The van der Waals surface area contributed by atoms with Gasteiger partial charge >= 0.3 is 12.4 Å². The number of ether oxygens (including phenoxy) is 1. The number of amides is 2. The summed E-state index contributed by atoms with van der Waals surface area (Å²) < 4.78 is 99.6. The number of hydrogen-bond acceptors (Lipinski definition) is 4. The van der Waals surface area contributed by atoms with Crippen LogP contribution < -0.4 is 15.4 Å². The molecule has 4 rings (SSSR count). The van der Waals surface area contributed by atoms with Crippen LogP contribution in [0.15, 0.2) is 54.6 Å². The summed E-state index contributed by atoms with van der Waals surface area (Å²) in [4.78, 5) is 26.9. The molecule has 5 nitrogen and oxygen atoms in total. The van der Waals surface area contributed by atoms with Crippen molar-refractivity contribution in [2.24, 2.45) is 5.92 Å². The first-order chi connectivity index (χ1) is 21.5. The van der Waals surface area contributed by atoms with Gasteiger partial charge in [0.05, 0.1) is 29.5 Å². The Balaban J connectivity index is 1.77. The molecule has 3 aromatic carbocycles. The molecule has 2 amide bonds. The third-order valence-corrected chi connectivity index (χ3v) is 8.67. The number of hydrogen-bond donors (Lipinski definition) is 2. The molecular weight excluding hydrogens is 637 g/mol. The Morgan fingerprint density at radius 3 is 2.20 bits per heavy atom. The van der Waals surface area contributed by atoms with E-state index in [2.05, 4.69) is 24.5 Å². The second-order valence-electron chi connectivity index (χ2n) is 11.2. The van der Waals surface area contributed by atoms with Crippen molar-refractivity contribution in [3.8, 4) is 5.75 Å². The van der Waals surface area contributed by atoms with E-state index in [0.29, 0.717) is 29.4 Å². The van der Waals surface area contributed by atoms with Crippen LogP contribution >= 0.6 is 11.3 Å². The average Bonchev–Trinajstić information content (AvgIpc) is 3.34. The molecule has 46 heavy (non-hydrogen) atoms. The Morgan fingerprint density at radius 1 is 0.870 bits per heavy atom. The molecule has 0 radical (unpaired) electrons. The molecular formula is C33H31F7N2O3S. The fourth-order valence-electron chi connectivity index (χ4n) is 5.04. The highest BCUT2D eigenvalue weighted by Gasteiger charge is 2.35. The highest BCUT2D eigenvalue weighted by atomic mass is 32.1. The SMILES string of the molecule is CCC(CCC(C)C)c1ccc(OC)c(C(=O)Nc2c(C(=O)Nc3ccc(F)c(C(F)(F)F)c3)sc3cc(C(F)(F)F)ccc23)c1. The number of rotatable bonds is 10. The number of anilines is 2. The van der Waals surface area contributed by atoms with Crippen molar-refractivity contribution in [3.05, 3.63) is 87.5 Å². The predicted molar refractivity (Wildman–Crippen MR) is 164 cm³/mol. The summed E-state index contributed by atoms with van der Waals surface area (Å²) in [7, 11) is 1.37. The van der Waals surface area contributed by atoms with Crippen molar-refractivity contribution in [1.82, 2.24) is 0 Å². The molecule has 0 saturated heterocycles. The molecule has 246 valence electrons. The first-order valence-electron chi connectivity index (χ1n) is 14.3. The molecule has 0 fully saturated rings. The van der Waals surface area contributed by atoms with Crippen LogP contribution in [0.4, 0.5) is 42.1 Å². The van der Waals surface area contributed by atoms with Crippen molar-refractivity contribution in [2.45, 2.75) is 58.3 Å². The molecule has 1 heterocycles. The molecule has 0 spiro atoms. The Hall–Kier alpha value is -4.13. The lowest BCUT2D eigenvalue weighted by Gasteiger charge is -2.19. The first-order valence-corrected chi connectivity index (χ1v) is 15.2. The van der Waals surface area contributed by atoms with Crippen LogP contribution in [-0.2, 0) is 12.4 Å². The summed E-state index contributed by atoms with van der Waals surface area (Å²) in [6, 6.07) is 9.74. The highest BCUT2D eigenvalue weighted by Crippen LogP contribution is 2.41. The summed E-state index contributed by atoms with van der Waals surface area (Å²) in [6.45, 7) is 6.26. The quantitative estimate of drug-likeness (QED) is 0.165. The maximum atomic E-state index is 13.8. The van der Waals surface area contributed by atoms with Gasteiger partial charge in [0, 0.05) is 15.8 Å². The minimum Gasteiger partial charge on any atom is -0.496 e. The predicted octanol–water partition coefficient (Wildman–Crippen LogP) is 10.5. The number of thiophene rings is 1. The largest absolute Gasteiger partial charge is 0.496 e. The fourth-order valence-corrected chi connectivity index (χ4v) is 6.14. The second kappa shape index (κ2) is 13.7. The third-order valence-electron chi connectivity index (χ3n) is 7.52. The van der Waals surface area contributed by atoms with E-state index in [1.165, 1.54) is 7.11 Å². The van der Waals surface area contributed by atoms with Crippen molar-refractivity contribution in [1.29, 1.82) is 0 Å². The normalized spacial score (nSPS) is 12.8. The average molecular weight is 669 g/mol.